The van der Waals surface area contributed by atoms with E-state index in [0.29, 0.717) is 19.0 Å². The van der Waals surface area contributed by atoms with Crippen molar-refractivity contribution in [2.75, 3.05) is 39.4 Å². The van der Waals surface area contributed by atoms with Crippen LogP contribution in [0.25, 0.3) is 0 Å². The Balaban J connectivity index is 2.12. The molecule has 1 amide bonds. The average Bonchev–Trinajstić information content (AvgIpc) is 2.99. The zero-order valence-corrected chi connectivity index (χ0v) is 8.98. The summed E-state index contributed by atoms with van der Waals surface area (Å²) < 4.78 is 0. The number of aliphatic hydroxyl groups excluding tert-OH is 2. The second kappa shape index (κ2) is 6.76. The van der Waals surface area contributed by atoms with E-state index in [0.717, 1.165) is 6.54 Å². The molecule has 0 bridgehead atoms. The molecule has 1 saturated carbocycles. The quantitative estimate of drug-likeness (QED) is 0.476. The van der Waals surface area contributed by atoms with Crippen LogP contribution in [0.3, 0.4) is 0 Å². The summed E-state index contributed by atoms with van der Waals surface area (Å²) in [5.74, 6) is 0.655. The Bertz CT molecular complexity index is 189. The molecular formula is C10H20N2O3. The van der Waals surface area contributed by atoms with Gasteiger partial charge >= 0.3 is 0 Å². The monoisotopic (exact) mass is 216 g/mol. The molecule has 3 N–H and O–H groups in total. The molecule has 1 aliphatic rings. The molecule has 0 aliphatic heterocycles. The fourth-order valence-corrected chi connectivity index (χ4v) is 1.39. The van der Waals surface area contributed by atoms with Gasteiger partial charge in [-0.3, -0.25) is 9.69 Å². The van der Waals surface area contributed by atoms with Crippen molar-refractivity contribution in [3.05, 3.63) is 0 Å². The summed E-state index contributed by atoms with van der Waals surface area (Å²) in [7, 11) is 0. The van der Waals surface area contributed by atoms with E-state index in [2.05, 4.69) is 5.32 Å². The van der Waals surface area contributed by atoms with Gasteiger partial charge in [0, 0.05) is 19.6 Å². The highest BCUT2D eigenvalue weighted by atomic mass is 16.3. The summed E-state index contributed by atoms with van der Waals surface area (Å²) in [5.41, 5.74) is 0. The van der Waals surface area contributed by atoms with E-state index in [4.69, 9.17) is 10.2 Å². The van der Waals surface area contributed by atoms with E-state index < -0.39 is 0 Å². The summed E-state index contributed by atoms with van der Waals surface area (Å²) in [6.07, 6.45) is 2.44. The molecule has 0 unspecified atom stereocenters. The molecule has 0 aromatic carbocycles. The van der Waals surface area contributed by atoms with Crippen LogP contribution in [0, 0.1) is 5.92 Å². The summed E-state index contributed by atoms with van der Waals surface area (Å²) in [5, 5.41) is 20.3. The van der Waals surface area contributed by atoms with Crippen molar-refractivity contribution in [3.8, 4) is 0 Å². The van der Waals surface area contributed by atoms with E-state index in [-0.39, 0.29) is 25.7 Å². The van der Waals surface area contributed by atoms with Gasteiger partial charge in [-0.05, 0) is 18.8 Å². The largest absolute Gasteiger partial charge is 0.395 e. The van der Waals surface area contributed by atoms with E-state index in [9.17, 15) is 4.79 Å². The first kappa shape index (κ1) is 12.4. The molecule has 0 atom stereocenters. The molecule has 0 heterocycles. The van der Waals surface area contributed by atoms with Crippen molar-refractivity contribution in [2.45, 2.75) is 12.8 Å². The topological polar surface area (TPSA) is 72.8 Å². The molecule has 0 aromatic rings. The predicted molar refractivity (Wildman–Crippen MR) is 56.3 cm³/mol. The molecule has 0 radical (unpaired) electrons. The maximum atomic E-state index is 11.4. The predicted octanol–water partition coefficient (Wildman–Crippen LogP) is -1.20. The number of aliphatic hydroxyl groups is 2. The molecule has 5 heteroatoms. The second-order valence-corrected chi connectivity index (χ2v) is 3.97. The van der Waals surface area contributed by atoms with Gasteiger partial charge in [-0.15, -0.1) is 0 Å². The first-order valence-electron chi connectivity index (χ1n) is 5.47. The minimum Gasteiger partial charge on any atom is -0.395 e. The van der Waals surface area contributed by atoms with Crippen LogP contribution >= 0.6 is 0 Å². The lowest BCUT2D eigenvalue weighted by Crippen LogP contribution is -2.40. The van der Waals surface area contributed by atoms with Gasteiger partial charge < -0.3 is 15.5 Å². The number of rotatable bonds is 8. The lowest BCUT2D eigenvalue weighted by molar-refractivity contribution is -0.122. The van der Waals surface area contributed by atoms with E-state index in [1.807, 2.05) is 0 Å². The molecule has 1 aliphatic carbocycles. The number of nitrogens with zero attached hydrogens (tertiary/aromatic N) is 1. The number of carbonyl (C=O) groups excluding carboxylic acids is 1. The number of nitrogens with one attached hydrogen (secondary N) is 1. The highest BCUT2D eigenvalue weighted by Gasteiger charge is 2.21. The van der Waals surface area contributed by atoms with Gasteiger partial charge in [0.25, 0.3) is 0 Å². The summed E-state index contributed by atoms with van der Waals surface area (Å²) in [6.45, 7) is 1.90. The van der Waals surface area contributed by atoms with Crippen LogP contribution in [0.15, 0.2) is 0 Å². The Morgan fingerprint density at radius 3 is 2.33 bits per heavy atom. The van der Waals surface area contributed by atoms with Crippen molar-refractivity contribution in [1.82, 2.24) is 10.2 Å². The maximum Gasteiger partial charge on any atom is 0.234 e. The minimum absolute atomic E-state index is 0.00983. The van der Waals surface area contributed by atoms with Gasteiger partial charge in [0.2, 0.25) is 5.91 Å². The Morgan fingerprint density at radius 1 is 1.27 bits per heavy atom. The Kier molecular flexibility index (Phi) is 5.60. The van der Waals surface area contributed by atoms with Crippen molar-refractivity contribution in [2.24, 2.45) is 5.92 Å². The third kappa shape index (κ3) is 5.71. The summed E-state index contributed by atoms with van der Waals surface area (Å²) in [4.78, 5) is 13.2. The number of hydrogen-bond acceptors (Lipinski definition) is 4. The van der Waals surface area contributed by atoms with Crippen molar-refractivity contribution < 1.29 is 15.0 Å². The molecular weight excluding hydrogens is 196 g/mol. The molecule has 15 heavy (non-hydrogen) atoms. The Labute approximate surface area is 90.1 Å². The molecule has 88 valence electrons. The van der Waals surface area contributed by atoms with Gasteiger partial charge in [0.05, 0.1) is 19.8 Å². The fourth-order valence-electron chi connectivity index (χ4n) is 1.39. The lowest BCUT2D eigenvalue weighted by Gasteiger charge is -2.19. The molecule has 0 saturated heterocycles. The zero-order chi connectivity index (χ0) is 11.1. The van der Waals surface area contributed by atoms with Crippen LogP contribution in [0.1, 0.15) is 12.8 Å². The number of amides is 1. The van der Waals surface area contributed by atoms with E-state index in [1.165, 1.54) is 12.8 Å². The minimum atomic E-state index is -0.0243. The van der Waals surface area contributed by atoms with Crippen LogP contribution in [-0.4, -0.2) is 60.4 Å². The summed E-state index contributed by atoms with van der Waals surface area (Å²) >= 11 is 0. The van der Waals surface area contributed by atoms with Crippen LogP contribution in [0.4, 0.5) is 0 Å². The first-order chi connectivity index (χ1) is 7.26. The van der Waals surface area contributed by atoms with Crippen molar-refractivity contribution >= 4 is 5.91 Å². The van der Waals surface area contributed by atoms with Gasteiger partial charge in [-0.1, -0.05) is 0 Å². The van der Waals surface area contributed by atoms with Crippen molar-refractivity contribution in [3.63, 3.8) is 0 Å². The maximum absolute atomic E-state index is 11.4. The fraction of sp³-hybridized carbons (Fsp3) is 0.900. The zero-order valence-electron chi connectivity index (χ0n) is 8.98. The SMILES string of the molecule is O=C(CN(CCO)CCO)NCC1CC1. The molecule has 0 spiro atoms. The highest BCUT2D eigenvalue weighted by Crippen LogP contribution is 2.27. The second-order valence-electron chi connectivity index (χ2n) is 3.97. The van der Waals surface area contributed by atoms with E-state index in [1.54, 1.807) is 4.90 Å². The average molecular weight is 216 g/mol. The van der Waals surface area contributed by atoms with Crippen LogP contribution in [0.2, 0.25) is 0 Å². The van der Waals surface area contributed by atoms with Gasteiger partial charge in [-0.2, -0.15) is 0 Å². The normalized spacial score (nSPS) is 15.7. The number of carbonyl (C=O) groups is 1. The molecule has 5 nitrogen and oxygen atoms in total. The first-order valence-corrected chi connectivity index (χ1v) is 5.47. The highest BCUT2D eigenvalue weighted by molar-refractivity contribution is 5.78. The molecule has 1 fully saturated rings. The van der Waals surface area contributed by atoms with Gasteiger partial charge in [0.15, 0.2) is 0 Å². The van der Waals surface area contributed by atoms with E-state index >= 15 is 0 Å². The van der Waals surface area contributed by atoms with Crippen molar-refractivity contribution in [1.29, 1.82) is 0 Å². The third-order valence-electron chi connectivity index (χ3n) is 2.48. The summed E-state index contributed by atoms with van der Waals surface area (Å²) in [6, 6.07) is 0. The molecule has 1 rings (SSSR count). The lowest BCUT2D eigenvalue weighted by atomic mass is 10.4. The van der Waals surface area contributed by atoms with Gasteiger partial charge in [-0.25, -0.2) is 0 Å². The molecule has 0 aromatic heterocycles. The Hall–Kier alpha value is -0.650. The smallest absolute Gasteiger partial charge is 0.234 e. The Morgan fingerprint density at radius 2 is 1.87 bits per heavy atom. The number of hydrogen-bond donors (Lipinski definition) is 3. The van der Waals surface area contributed by atoms with Crippen LogP contribution in [0.5, 0.6) is 0 Å². The van der Waals surface area contributed by atoms with Gasteiger partial charge in [0.1, 0.15) is 0 Å². The third-order valence-corrected chi connectivity index (χ3v) is 2.48. The van der Waals surface area contributed by atoms with Crippen LogP contribution in [-0.2, 0) is 4.79 Å². The van der Waals surface area contributed by atoms with Crippen LogP contribution < -0.4 is 5.32 Å². The standard InChI is InChI=1S/C10H20N2O3/c13-5-3-12(4-6-14)8-10(15)11-7-9-1-2-9/h9,13-14H,1-8H2,(H,11,15).